The van der Waals surface area contributed by atoms with Gasteiger partial charge in [0, 0.05) is 84.1 Å². The standard InChI is InChI=1S/C22H26N6O3.C21H23N5O4.2C19H24N6O2/c1-13-11-15-16(12-14(13)2)28(18-17(24-15)19(29)26-21(31)25-18)10-9-27-7-4-22(5-8-27)3-6-23-20(22)30;1-12-9-14-15(10-13(12)2)26(17-16(22-14)18(27)24-20(29)23-17)7-6-25-5-3-21(11-25)4-8-30-19(21)28;1-11-9-14-15(10-12(11)2)25(8-7-24-5-3-13(20)4-6-24)17-16(21-14)18(26)23-19(27)22-17;1-11-8-14-15(9-12(11)2)25(7-6-24-5-3-4-13(20)10-24)17-16(21-14)18(26)23-19(27)22-17/h11-12H,3-10H2,1-2H3,(H,23,30)(H,26,29,31);9-10H,3-8,11H2,1-2H3,(H,24,27,29);9-10,13H,3-8,20H2,1-2H3,(H,23,26,27);8-9,13H,3-7,10,20H2,1-2H3,(H,23,26,27). The van der Waals surface area contributed by atoms with E-state index in [4.69, 9.17) is 16.2 Å². The van der Waals surface area contributed by atoms with E-state index in [1.54, 1.807) is 0 Å². The number of hydrogen-bond donors (Lipinski definition) is 7. The van der Waals surface area contributed by atoms with Crippen LogP contribution in [0.3, 0.4) is 0 Å². The lowest BCUT2D eigenvalue weighted by Gasteiger charge is -2.37. The summed E-state index contributed by atoms with van der Waals surface area (Å²) >= 11 is 0. The molecule has 4 aromatic rings. The molecule has 602 valence electrons. The van der Waals surface area contributed by atoms with E-state index in [1.807, 2.05) is 116 Å². The van der Waals surface area contributed by atoms with Crippen LogP contribution in [0.15, 0.2) is 86.9 Å². The van der Waals surface area contributed by atoms with E-state index in [-0.39, 0.29) is 63.4 Å². The minimum Gasteiger partial charge on any atom is -0.465 e. The molecule has 4 aromatic carbocycles. The van der Waals surface area contributed by atoms with Crippen molar-refractivity contribution >= 4 is 56.0 Å². The summed E-state index contributed by atoms with van der Waals surface area (Å²) in [6.45, 7) is 29.8. The largest absolute Gasteiger partial charge is 0.465 e. The van der Waals surface area contributed by atoms with Gasteiger partial charge in [-0.1, -0.05) is 0 Å². The lowest BCUT2D eigenvalue weighted by atomic mass is 9.77. The number of amides is 1. The topological polar surface area (TPSA) is 443 Å². The second-order valence-corrected chi connectivity index (χ2v) is 32.1. The number of carbonyl (C=O) groups excluding carboxylic acids is 2. The number of fused-ring (bicyclic) bond motifs is 8. The number of rotatable bonds is 12. The quantitative estimate of drug-likeness (QED) is 0.0683. The van der Waals surface area contributed by atoms with Crippen LogP contribution in [0.1, 0.15) is 102 Å². The van der Waals surface area contributed by atoms with E-state index in [1.165, 1.54) is 0 Å². The average Bonchev–Trinajstić information content (AvgIpc) is 1.73. The van der Waals surface area contributed by atoms with Gasteiger partial charge in [-0.05, 0) is 245 Å². The van der Waals surface area contributed by atoms with Crippen molar-refractivity contribution in [2.45, 2.75) is 151 Å². The summed E-state index contributed by atoms with van der Waals surface area (Å²) in [4.78, 5) is 174. The van der Waals surface area contributed by atoms with Gasteiger partial charge in [0.2, 0.25) is 5.91 Å². The summed E-state index contributed by atoms with van der Waals surface area (Å²) in [6, 6.07) is 16.5. The van der Waals surface area contributed by atoms with Gasteiger partial charge >= 0.3 is 28.7 Å². The van der Waals surface area contributed by atoms with Gasteiger partial charge in [-0.25, -0.2) is 39.1 Å². The normalized spacial score (nSPS) is 19.0. The van der Waals surface area contributed by atoms with E-state index in [9.17, 15) is 47.9 Å². The summed E-state index contributed by atoms with van der Waals surface area (Å²) in [5.41, 5.74) is 22.7. The van der Waals surface area contributed by atoms with Crippen molar-refractivity contribution in [3.63, 3.8) is 0 Å². The predicted octanol–water partition coefficient (Wildman–Crippen LogP) is 2.89. The molecule has 14 heterocycles. The number of aromatic nitrogens is 16. The van der Waals surface area contributed by atoms with Crippen LogP contribution in [0, 0.1) is 66.2 Å². The van der Waals surface area contributed by atoms with Crippen LogP contribution in [0.25, 0.3) is 90.2 Å². The molecule has 14 aliphatic rings. The van der Waals surface area contributed by atoms with Crippen molar-refractivity contribution in [3.8, 4) is 46.1 Å². The number of aromatic amines is 4. The molecule has 34 heteroatoms. The Hall–Kier alpha value is -11.3. The van der Waals surface area contributed by atoms with Crippen LogP contribution in [0.2, 0.25) is 0 Å². The van der Waals surface area contributed by atoms with E-state index in [0.29, 0.717) is 74.4 Å². The Kier molecular flexibility index (Phi) is 22.1. The van der Waals surface area contributed by atoms with Crippen LogP contribution < -0.4 is 61.8 Å². The highest BCUT2D eigenvalue weighted by atomic mass is 16.5. The van der Waals surface area contributed by atoms with Crippen molar-refractivity contribution < 1.29 is 14.3 Å². The van der Waals surface area contributed by atoms with E-state index in [2.05, 4.69) is 90.8 Å². The Labute approximate surface area is 658 Å². The lowest BCUT2D eigenvalue weighted by molar-refractivity contribution is -0.145. The third-order valence-electron chi connectivity index (χ3n) is 24.5. The van der Waals surface area contributed by atoms with Gasteiger partial charge in [0.25, 0.3) is 22.2 Å². The molecule has 6 fully saturated rings. The van der Waals surface area contributed by atoms with Crippen LogP contribution in [0.4, 0.5) is 0 Å². The Bertz CT molecular complexity index is 6180. The van der Waals surface area contributed by atoms with Gasteiger partial charge in [0.1, 0.15) is 0 Å². The third kappa shape index (κ3) is 16.2. The second-order valence-electron chi connectivity index (χ2n) is 32.1. The van der Waals surface area contributed by atoms with Crippen molar-refractivity contribution in [2.75, 3.05) is 91.7 Å². The van der Waals surface area contributed by atoms with Crippen molar-refractivity contribution in [3.05, 3.63) is 176 Å². The van der Waals surface area contributed by atoms with Gasteiger partial charge in [-0.2, -0.15) is 19.9 Å². The number of aryl methyl sites for hydroxylation is 8. The fraction of sp³-hybridized carbons (Fsp3) is 0.481. The number of piperidine rings is 3. The van der Waals surface area contributed by atoms with Gasteiger partial charge < -0.3 is 59.4 Å². The first kappa shape index (κ1) is 79.0. The monoisotopic (exact) mass is 1570 g/mol. The number of nitrogens with two attached hydrogens (primary N) is 2. The number of carbonyl (C=O) groups is 2. The molecule has 6 saturated heterocycles. The average molecular weight is 1570 g/mol. The van der Waals surface area contributed by atoms with Crippen molar-refractivity contribution in [1.82, 2.24) is 103 Å². The first-order valence-corrected chi connectivity index (χ1v) is 39.6. The van der Waals surface area contributed by atoms with Gasteiger partial charge in [-0.15, -0.1) is 0 Å². The first-order chi connectivity index (χ1) is 55.1. The third-order valence-corrected chi connectivity index (χ3v) is 24.5. The molecule has 14 aliphatic heterocycles. The molecule has 0 bridgehead atoms. The molecule has 2 atom stereocenters. The highest BCUT2D eigenvalue weighted by Gasteiger charge is 2.49. The fourth-order valence-electron chi connectivity index (χ4n) is 17.1. The van der Waals surface area contributed by atoms with Gasteiger partial charge in [-0.3, -0.25) is 48.7 Å². The number of likely N-dealkylation sites (tertiary alicyclic amines) is 4. The molecule has 0 saturated carbocycles. The summed E-state index contributed by atoms with van der Waals surface area (Å²) < 4.78 is 12.9. The summed E-state index contributed by atoms with van der Waals surface area (Å²) in [7, 11) is 0. The maximum atomic E-state index is 12.4. The van der Waals surface area contributed by atoms with Crippen molar-refractivity contribution in [2.24, 2.45) is 22.3 Å². The lowest BCUT2D eigenvalue weighted by Crippen LogP contribution is -2.44. The number of H-pyrrole nitrogens is 4. The fourth-order valence-corrected chi connectivity index (χ4v) is 17.1. The zero-order valence-electron chi connectivity index (χ0n) is 66.2. The summed E-state index contributed by atoms with van der Waals surface area (Å²) in [6.07, 6.45) is 8.34. The number of esters is 1. The number of hydrogen-bond acceptors (Lipinski definition) is 25. The maximum absolute atomic E-state index is 12.4. The molecule has 2 spiro atoms. The predicted molar refractivity (Wildman–Crippen MR) is 434 cm³/mol. The first-order valence-electron chi connectivity index (χ1n) is 39.6. The van der Waals surface area contributed by atoms with Crippen LogP contribution in [0.5, 0.6) is 0 Å². The second kappa shape index (κ2) is 32.2. The summed E-state index contributed by atoms with van der Waals surface area (Å²) in [5.74, 6) is 1.38. The van der Waals surface area contributed by atoms with Crippen LogP contribution >= 0.6 is 0 Å². The number of nitrogens with one attached hydrogen (secondary N) is 5. The van der Waals surface area contributed by atoms with Crippen LogP contribution in [-0.4, -0.2) is 213 Å². The molecule has 115 heavy (non-hydrogen) atoms. The van der Waals surface area contributed by atoms with E-state index in [0.717, 1.165) is 207 Å². The Morgan fingerprint density at radius 2 is 0.713 bits per heavy atom. The smallest absolute Gasteiger partial charge is 0.349 e. The number of cyclic esters (lactones) is 1. The van der Waals surface area contributed by atoms with Crippen LogP contribution in [-0.2, 0) is 40.5 Å². The van der Waals surface area contributed by atoms with Gasteiger partial charge in [0.15, 0.2) is 46.1 Å². The number of ether oxygens (including phenoxy) is 1. The molecule has 34 nitrogen and oxygen atoms in total. The minimum absolute atomic E-state index is 0.0900. The summed E-state index contributed by atoms with van der Waals surface area (Å²) in [5, 5.41) is 2.97. The number of benzene rings is 4. The zero-order valence-corrected chi connectivity index (χ0v) is 66.2. The highest BCUT2D eigenvalue weighted by Crippen LogP contribution is 2.41. The highest BCUT2D eigenvalue weighted by molar-refractivity contribution is 5.86. The molecule has 0 aromatic heterocycles. The van der Waals surface area contributed by atoms with E-state index < -0.39 is 45.0 Å². The van der Waals surface area contributed by atoms with E-state index >= 15 is 0 Å². The Morgan fingerprint density at radius 1 is 0.374 bits per heavy atom. The zero-order chi connectivity index (χ0) is 81.1. The minimum atomic E-state index is -0.680. The Balaban J connectivity index is 0.000000121. The van der Waals surface area contributed by atoms with Crippen molar-refractivity contribution in [1.29, 1.82) is 0 Å². The van der Waals surface area contributed by atoms with Gasteiger partial charge in [0.05, 0.1) is 61.6 Å². The molecule has 2 unspecified atom stereocenters. The molecule has 0 aliphatic carbocycles. The molecule has 18 rings (SSSR count). The maximum Gasteiger partial charge on any atom is 0.349 e. The molecular weight excluding hydrogens is 1470 g/mol. The molecule has 9 N–H and O–H groups in total. The molecule has 1 amide bonds. The molecular formula is C81H97N23O11. The number of nitrogens with zero attached hydrogens (tertiary/aromatic N) is 16. The molecule has 0 radical (unpaired) electrons. The Morgan fingerprint density at radius 3 is 1.06 bits per heavy atom. The SMILES string of the molecule is Cc1cc2nc3c(=O)[nH]c(=O)nc-3n(CCN3CCC(N)CC3)c2cc1C.Cc1cc2nc3c(=O)[nH]c(=O)nc-3n(CCN3CCC4(CCNC4=O)CC3)c2cc1C.Cc1cc2nc3c(=O)[nH]c(=O)nc-3n(CCN3CCC4(CCOC4=O)C3)c2cc1C.Cc1cc2nc3c(=O)[nH]c(=O)nc-3n(CCN3CCCC(N)C3)c2cc1C.